The van der Waals surface area contributed by atoms with Crippen molar-refractivity contribution >= 4 is 33.4 Å². The zero-order valence-electron chi connectivity index (χ0n) is 13.4. The monoisotopic (exact) mass is 366 g/mol. The minimum absolute atomic E-state index is 0.0485. The normalized spacial score (nSPS) is 19.6. The summed E-state index contributed by atoms with van der Waals surface area (Å²) >= 11 is 3.41. The number of hydrogen-bond acceptors (Lipinski definition) is 2. The van der Waals surface area contributed by atoms with Crippen molar-refractivity contribution in [3.63, 3.8) is 0 Å². The summed E-state index contributed by atoms with van der Waals surface area (Å²) in [5.74, 6) is -0.272. The van der Waals surface area contributed by atoms with Crippen LogP contribution in [-0.4, -0.2) is 30.3 Å². The van der Waals surface area contributed by atoms with E-state index >= 15 is 0 Å². The van der Waals surface area contributed by atoms with Gasteiger partial charge in [0.05, 0.1) is 11.8 Å². The summed E-state index contributed by atoms with van der Waals surface area (Å²) in [5.41, 5.74) is 1.82. The SMILES string of the molecule is CCCCN(C)C(=O)C1CC1C(=O)Nc1ccc(Br)cc1C. The molecule has 0 heterocycles. The Labute approximate surface area is 140 Å². The maximum Gasteiger partial charge on any atom is 0.228 e. The molecule has 4 nitrogen and oxygen atoms in total. The first-order valence-corrected chi connectivity index (χ1v) is 8.55. The van der Waals surface area contributed by atoms with Crippen LogP contribution >= 0.6 is 15.9 Å². The van der Waals surface area contributed by atoms with Crippen LogP contribution in [0.3, 0.4) is 0 Å². The Balaban J connectivity index is 1.89. The topological polar surface area (TPSA) is 49.4 Å². The Morgan fingerprint density at radius 1 is 1.36 bits per heavy atom. The second-order valence-electron chi connectivity index (χ2n) is 6.01. The van der Waals surface area contributed by atoms with Crippen molar-refractivity contribution < 1.29 is 9.59 Å². The van der Waals surface area contributed by atoms with Crippen molar-refractivity contribution in [1.82, 2.24) is 4.90 Å². The zero-order valence-corrected chi connectivity index (χ0v) is 14.9. The van der Waals surface area contributed by atoms with Crippen LogP contribution in [0.25, 0.3) is 0 Å². The number of carbonyl (C=O) groups excluding carboxylic acids is 2. The predicted molar refractivity (Wildman–Crippen MR) is 91.7 cm³/mol. The molecule has 1 aliphatic carbocycles. The van der Waals surface area contributed by atoms with E-state index in [4.69, 9.17) is 0 Å². The molecule has 2 unspecified atom stereocenters. The number of benzene rings is 1. The summed E-state index contributed by atoms with van der Waals surface area (Å²) in [7, 11) is 1.82. The lowest BCUT2D eigenvalue weighted by molar-refractivity contribution is -0.132. The van der Waals surface area contributed by atoms with Gasteiger partial charge in [0.1, 0.15) is 0 Å². The number of halogens is 1. The quantitative estimate of drug-likeness (QED) is 0.835. The fraction of sp³-hybridized carbons (Fsp3) is 0.529. The van der Waals surface area contributed by atoms with Gasteiger partial charge < -0.3 is 10.2 Å². The van der Waals surface area contributed by atoms with Gasteiger partial charge in [0.2, 0.25) is 11.8 Å². The highest BCUT2D eigenvalue weighted by Crippen LogP contribution is 2.41. The van der Waals surface area contributed by atoms with Gasteiger partial charge in [0.25, 0.3) is 0 Å². The number of amides is 2. The minimum atomic E-state index is -0.181. The fourth-order valence-corrected chi connectivity index (χ4v) is 3.01. The highest BCUT2D eigenvalue weighted by atomic mass is 79.9. The Morgan fingerprint density at radius 2 is 2.09 bits per heavy atom. The van der Waals surface area contributed by atoms with E-state index in [-0.39, 0.29) is 23.7 Å². The molecule has 1 saturated carbocycles. The average molecular weight is 367 g/mol. The number of hydrogen-bond donors (Lipinski definition) is 1. The van der Waals surface area contributed by atoms with E-state index in [1.165, 1.54) is 0 Å². The number of nitrogens with one attached hydrogen (secondary N) is 1. The highest BCUT2D eigenvalue weighted by Gasteiger charge is 2.49. The van der Waals surface area contributed by atoms with E-state index in [0.29, 0.717) is 6.42 Å². The minimum Gasteiger partial charge on any atom is -0.346 e. The second kappa shape index (κ2) is 7.27. The van der Waals surface area contributed by atoms with Gasteiger partial charge in [0, 0.05) is 23.8 Å². The number of rotatable bonds is 6. The highest BCUT2D eigenvalue weighted by molar-refractivity contribution is 9.10. The number of carbonyl (C=O) groups is 2. The van der Waals surface area contributed by atoms with Crippen LogP contribution in [0, 0.1) is 18.8 Å². The summed E-state index contributed by atoms with van der Waals surface area (Å²) in [4.78, 5) is 26.3. The van der Waals surface area contributed by atoms with E-state index < -0.39 is 0 Å². The van der Waals surface area contributed by atoms with Crippen LogP contribution in [0.4, 0.5) is 5.69 Å². The molecule has 5 heteroatoms. The zero-order chi connectivity index (χ0) is 16.3. The van der Waals surface area contributed by atoms with Gasteiger partial charge in [-0.25, -0.2) is 0 Å². The van der Waals surface area contributed by atoms with Gasteiger partial charge in [-0.3, -0.25) is 9.59 Å². The van der Waals surface area contributed by atoms with Crippen molar-refractivity contribution in [3.05, 3.63) is 28.2 Å². The molecule has 2 amide bonds. The molecule has 0 saturated heterocycles. The van der Waals surface area contributed by atoms with Crippen LogP contribution in [0.5, 0.6) is 0 Å². The van der Waals surface area contributed by atoms with Crippen LogP contribution in [-0.2, 0) is 9.59 Å². The molecule has 1 aliphatic rings. The molecule has 1 aromatic carbocycles. The lowest BCUT2D eigenvalue weighted by Gasteiger charge is -2.16. The van der Waals surface area contributed by atoms with Crippen molar-refractivity contribution in [2.45, 2.75) is 33.1 Å². The van der Waals surface area contributed by atoms with E-state index in [2.05, 4.69) is 28.2 Å². The molecule has 0 aromatic heterocycles. The summed E-state index contributed by atoms with van der Waals surface area (Å²) in [6.45, 7) is 4.83. The van der Waals surface area contributed by atoms with Gasteiger partial charge in [-0.05, 0) is 43.5 Å². The molecule has 120 valence electrons. The molecule has 2 atom stereocenters. The summed E-state index contributed by atoms with van der Waals surface area (Å²) in [6.07, 6.45) is 2.73. The molecule has 0 spiro atoms. The van der Waals surface area contributed by atoms with E-state index in [1.807, 2.05) is 32.2 Å². The van der Waals surface area contributed by atoms with E-state index in [0.717, 1.165) is 35.1 Å². The van der Waals surface area contributed by atoms with Gasteiger partial charge in [-0.2, -0.15) is 0 Å². The van der Waals surface area contributed by atoms with Crippen LogP contribution in [0.15, 0.2) is 22.7 Å². The molecule has 1 aromatic rings. The van der Waals surface area contributed by atoms with Crippen LogP contribution in [0.1, 0.15) is 31.7 Å². The summed E-state index contributed by atoms with van der Waals surface area (Å²) in [6, 6.07) is 5.74. The Kier molecular flexibility index (Phi) is 5.62. The maximum atomic E-state index is 12.3. The molecule has 0 aliphatic heterocycles. The Bertz CT molecular complexity index is 574. The molecule has 22 heavy (non-hydrogen) atoms. The molecule has 1 N–H and O–H groups in total. The maximum absolute atomic E-state index is 12.3. The van der Waals surface area contributed by atoms with Gasteiger partial charge in [-0.1, -0.05) is 29.3 Å². The number of anilines is 1. The summed E-state index contributed by atoms with van der Waals surface area (Å²) in [5, 5.41) is 2.94. The van der Waals surface area contributed by atoms with Crippen molar-refractivity contribution in [1.29, 1.82) is 0 Å². The number of nitrogens with zero attached hydrogens (tertiary/aromatic N) is 1. The standard InChI is InChI=1S/C17H23BrN2O2/c1-4-5-8-20(3)17(22)14-10-13(14)16(21)19-15-7-6-12(18)9-11(15)2/h6-7,9,13-14H,4-5,8,10H2,1-3H3,(H,19,21). The van der Waals surface area contributed by atoms with E-state index in [1.54, 1.807) is 4.90 Å². The van der Waals surface area contributed by atoms with Crippen molar-refractivity contribution in [2.24, 2.45) is 11.8 Å². The average Bonchev–Trinajstić information content (AvgIpc) is 3.27. The number of unbranched alkanes of at least 4 members (excludes halogenated alkanes) is 1. The van der Waals surface area contributed by atoms with Gasteiger partial charge in [-0.15, -0.1) is 0 Å². The van der Waals surface area contributed by atoms with Gasteiger partial charge >= 0.3 is 0 Å². The van der Waals surface area contributed by atoms with Crippen LogP contribution in [0.2, 0.25) is 0 Å². The van der Waals surface area contributed by atoms with Crippen molar-refractivity contribution in [3.8, 4) is 0 Å². The first kappa shape index (κ1) is 17.0. The third kappa shape index (κ3) is 4.09. The lowest BCUT2D eigenvalue weighted by atomic mass is 10.2. The smallest absolute Gasteiger partial charge is 0.228 e. The summed E-state index contributed by atoms with van der Waals surface area (Å²) < 4.78 is 0.986. The predicted octanol–water partition coefficient (Wildman–Crippen LogP) is 3.59. The lowest BCUT2D eigenvalue weighted by Crippen LogP contribution is -2.30. The molecular weight excluding hydrogens is 344 g/mol. The number of aryl methyl sites for hydroxylation is 1. The first-order valence-electron chi connectivity index (χ1n) is 7.76. The fourth-order valence-electron chi connectivity index (χ4n) is 2.54. The molecule has 0 radical (unpaired) electrons. The molecule has 2 rings (SSSR count). The third-order valence-corrected chi connectivity index (χ3v) is 4.61. The molecule has 0 bridgehead atoms. The van der Waals surface area contributed by atoms with Crippen LogP contribution < -0.4 is 5.32 Å². The first-order chi connectivity index (χ1) is 10.4. The third-order valence-electron chi connectivity index (χ3n) is 4.11. The largest absolute Gasteiger partial charge is 0.346 e. The van der Waals surface area contributed by atoms with Crippen molar-refractivity contribution in [2.75, 3.05) is 18.9 Å². The Morgan fingerprint density at radius 3 is 2.73 bits per heavy atom. The van der Waals surface area contributed by atoms with E-state index in [9.17, 15) is 9.59 Å². The Hall–Kier alpha value is -1.36. The second-order valence-corrected chi connectivity index (χ2v) is 6.93. The van der Waals surface area contributed by atoms with Gasteiger partial charge in [0.15, 0.2) is 0 Å². The molecular formula is C17H23BrN2O2. The molecule has 1 fully saturated rings.